The smallest absolute Gasteiger partial charge is 0.416 e. The summed E-state index contributed by atoms with van der Waals surface area (Å²) < 4.78 is 11.0. The van der Waals surface area contributed by atoms with Crippen molar-refractivity contribution >= 4 is 41.5 Å². The van der Waals surface area contributed by atoms with Crippen LogP contribution in [0.5, 0.6) is 5.75 Å². The average Bonchev–Trinajstić information content (AvgIpc) is 3.24. The second-order valence-corrected chi connectivity index (χ2v) is 9.39. The van der Waals surface area contributed by atoms with Crippen molar-refractivity contribution in [3.63, 3.8) is 0 Å². The van der Waals surface area contributed by atoms with Crippen LogP contribution in [-0.4, -0.2) is 35.8 Å². The molecule has 0 bridgehead atoms. The van der Waals surface area contributed by atoms with Crippen molar-refractivity contribution in [1.82, 2.24) is 4.90 Å². The highest BCUT2D eigenvalue weighted by Crippen LogP contribution is 2.34. The number of aldehydes is 1. The van der Waals surface area contributed by atoms with Gasteiger partial charge in [0.05, 0.1) is 6.04 Å². The molecule has 3 aromatic carbocycles. The van der Waals surface area contributed by atoms with Gasteiger partial charge in [-0.05, 0) is 41.7 Å². The monoisotopic (exact) mass is 525 g/mol. The number of carbonyl (C=O) groups excluding carboxylic acids is 3. The third kappa shape index (κ3) is 6.25. The van der Waals surface area contributed by atoms with Gasteiger partial charge in [0.25, 0.3) is 0 Å². The number of halogens is 2. The Balaban J connectivity index is 1.49. The van der Waals surface area contributed by atoms with Crippen LogP contribution in [-0.2, 0) is 33.8 Å². The molecule has 0 aliphatic carbocycles. The summed E-state index contributed by atoms with van der Waals surface area (Å²) >= 11 is 13.0. The van der Waals surface area contributed by atoms with Gasteiger partial charge in [0.15, 0.2) is 0 Å². The van der Waals surface area contributed by atoms with Crippen LogP contribution in [0.25, 0.3) is 0 Å². The fraction of sp³-hybridized carbons (Fsp3) is 0.250. The number of hydrogen-bond acceptors (Lipinski definition) is 5. The van der Waals surface area contributed by atoms with Gasteiger partial charge in [-0.3, -0.25) is 4.79 Å². The van der Waals surface area contributed by atoms with E-state index in [2.05, 4.69) is 0 Å². The highest BCUT2D eigenvalue weighted by atomic mass is 35.5. The minimum atomic E-state index is -0.822. The van der Waals surface area contributed by atoms with Gasteiger partial charge in [-0.25, -0.2) is 9.69 Å². The summed E-state index contributed by atoms with van der Waals surface area (Å²) in [7, 11) is 0. The molecule has 2 amide bonds. The lowest BCUT2D eigenvalue weighted by atomic mass is 9.94. The molecule has 36 heavy (non-hydrogen) atoms. The number of amides is 2. The first kappa shape index (κ1) is 25.7. The maximum atomic E-state index is 13.5. The lowest BCUT2D eigenvalue weighted by Gasteiger charge is -2.25. The van der Waals surface area contributed by atoms with Crippen LogP contribution < -0.4 is 4.74 Å². The molecule has 6 nitrogen and oxygen atoms in total. The molecule has 1 aliphatic heterocycles. The van der Waals surface area contributed by atoms with Crippen LogP contribution in [0.4, 0.5) is 4.79 Å². The van der Waals surface area contributed by atoms with Crippen molar-refractivity contribution < 1.29 is 23.9 Å². The van der Waals surface area contributed by atoms with Crippen LogP contribution in [0.3, 0.4) is 0 Å². The van der Waals surface area contributed by atoms with Crippen molar-refractivity contribution in [2.45, 2.75) is 31.9 Å². The molecule has 186 valence electrons. The van der Waals surface area contributed by atoms with Crippen molar-refractivity contribution in [1.29, 1.82) is 0 Å². The summed E-state index contributed by atoms with van der Waals surface area (Å²) in [5.74, 6) is -0.818. The molecule has 1 fully saturated rings. The van der Waals surface area contributed by atoms with Crippen molar-refractivity contribution in [3.8, 4) is 5.75 Å². The van der Waals surface area contributed by atoms with Crippen molar-refractivity contribution in [2.24, 2.45) is 5.92 Å². The molecule has 0 radical (unpaired) electrons. The van der Waals surface area contributed by atoms with Gasteiger partial charge in [0, 0.05) is 22.4 Å². The van der Waals surface area contributed by atoms with E-state index in [9.17, 15) is 14.4 Å². The molecule has 1 saturated heterocycles. The van der Waals surface area contributed by atoms with Crippen molar-refractivity contribution in [2.75, 3.05) is 6.61 Å². The Kier molecular flexibility index (Phi) is 8.62. The molecule has 1 aliphatic rings. The molecular weight excluding hydrogens is 501 g/mol. The van der Waals surface area contributed by atoms with E-state index in [0.717, 1.165) is 16.0 Å². The number of hydrogen-bond donors (Lipinski definition) is 0. The van der Waals surface area contributed by atoms with Crippen LogP contribution in [0.1, 0.15) is 23.1 Å². The summed E-state index contributed by atoms with van der Waals surface area (Å²) in [6.07, 6.45) is 0.421. The normalized spacial score (nSPS) is 15.9. The van der Waals surface area contributed by atoms with Crippen molar-refractivity contribution in [3.05, 3.63) is 99.5 Å². The lowest BCUT2D eigenvalue weighted by Crippen LogP contribution is -2.44. The molecule has 2 atom stereocenters. The Hall–Kier alpha value is -3.35. The molecule has 0 spiro atoms. The van der Waals surface area contributed by atoms with Crippen LogP contribution in [0, 0.1) is 5.92 Å². The zero-order valence-corrected chi connectivity index (χ0v) is 21.0. The largest absolute Gasteiger partial charge is 0.489 e. The molecule has 0 N–H and O–H groups in total. The van der Waals surface area contributed by atoms with Gasteiger partial charge in [0.2, 0.25) is 5.91 Å². The van der Waals surface area contributed by atoms with E-state index in [1.54, 1.807) is 12.1 Å². The predicted octanol–water partition coefficient (Wildman–Crippen LogP) is 5.91. The first-order valence-electron chi connectivity index (χ1n) is 11.6. The summed E-state index contributed by atoms with van der Waals surface area (Å²) in [5, 5.41) is 0.637. The number of imide groups is 1. The fourth-order valence-electron chi connectivity index (χ4n) is 4.20. The number of nitrogens with zero attached hydrogens (tertiary/aromatic N) is 1. The van der Waals surface area contributed by atoms with Gasteiger partial charge < -0.3 is 14.3 Å². The third-order valence-corrected chi connectivity index (χ3v) is 6.73. The minimum Gasteiger partial charge on any atom is -0.489 e. The maximum absolute atomic E-state index is 13.5. The Morgan fingerprint density at radius 1 is 1.03 bits per heavy atom. The first-order valence-corrected chi connectivity index (χ1v) is 12.3. The first-order chi connectivity index (χ1) is 17.5. The average molecular weight is 526 g/mol. The zero-order chi connectivity index (χ0) is 25.5. The number of rotatable bonds is 10. The molecule has 0 saturated carbocycles. The Labute approximate surface area is 219 Å². The van der Waals surface area contributed by atoms with E-state index in [0.29, 0.717) is 40.7 Å². The Morgan fingerprint density at radius 3 is 2.25 bits per heavy atom. The Bertz CT molecular complexity index is 1200. The highest BCUT2D eigenvalue weighted by molar-refractivity contribution is 6.36. The topological polar surface area (TPSA) is 72.9 Å². The number of cyclic esters (lactones) is 1. The third-order valence-electron chi connectivity index (χ3n) is 6.06. The van der Waals surface area contributed by atoms with Gasteiger partial charge in [0.1, 0.15) is 25.2 Å². The van der Waals surface area contributed by atoms with E-state index < -0.39 is 24.0 Å². The quantitative estimate of drug-likeness (QED) is 0.307. The maximum Gasteiger partial charge on any atom is 0.416 e. The minimum absolute atomic E-state index is 0.0837. The molecular formula is C28H25Cl2NO5. The molecule has 0 aromatic heterocycles. The molecule has 1 heterocycles. The zero-order valence-electron chi connectivity index (χ0n) is 19.4. The number of carbonyl (C=O) groups is 3. The van der Waals surface area contributed by atoms with Crippen LogP contribution in [0.15, 0.2) is 72.8 Å². The standard InChI is InChI=1S/C28H25Cl2NO5/c29-25-15-23(35-17-20-9-5-2-6-10-20)16-26(30)24(25)14-21(11-12-32)27(33)31-22(18-36-28(31)34)13-19-7-3-1-4-8-19/h1-10,12,15-16,21-22H,11,13-14,17-18H2/t21?,22-/m1/s1. The van der Waals surface area contributed by atoms with E-state index in [1.165, 1.54) is 0 Å². The van der Waals surface area contributed by atoms with E-state index in [-0.39, 0.29) is 19.4 Å². The van der Waals surface area contributed by atoms with E-state index in [1.807, 2.05) is 60.7 Å². The van der Waals surface area contributed by atoms with Gasteiger partial charge >= 0.3 is 6.09 Å². The summed E-state index contributed by atoms with van der Waals surface area (Å²) in [5.41, 5.74) is 2.48. The SMILES string of the molecule is O=CCC(Cc1c(Cl)cc(OCc2ccccc2)cc1Cl)C(=O)N1C(=O)OC[C@H]1Cc1ccccc1. The van der Waals surface area contributed by atoms with E-state index in [4.69, 9.17) is 32.7 Å². The number of benzene rings is 3. The Morgan fingerprint density at radius 2 is 1.64 bits per heavy atom. The van der Waals surface area contributed by atoms with E-state index >= 15 is 0 Å². The summed E-state index contributed by atoms with van der Waals surface area (Å²) in [6.45, 7) is 0.446. The van der Waals surface area contributed by atoms with Crippen LogP contribution in [0.2, 0.25) is 10.0 Å². The highest BCUT2D eigenvalue weighted by Gasteiger charge is 2.41. The second kappa shape index (κ2) is 12.1. The van der Waals surface area contributed by atoms with Gasteiger partial charge in [-0.1, -0.05) is 83.9 Å². The fourth-order valence-corrected chi connectivity index (χ4v) is 4.82. The number of ether oxygens (including phenoxy) is 2. The van der Waals surface area contributed by atoms with Gasteiger partial charge in [-0.2, -0.15) is 0 Å². The van der Waals surface area contributed by atoms with Gasteiger partial charge in [-0.15, -0.1) is 0 Å². The lowest BCUT2D eigenvalue weighted by molar-refractivity contribution is -0.134. The summed E-state index contributed by atoms with van der Waals surface area (Å²) in [4.78, 5) is 38.5. The molecule has 4 rings (SSSR count). The molecule has 1 unspecified atom stereocenters. The molecule has 3 aromatic rings. The van der Waals surface area contributed by atoms with Crippen LogP contribution >= 0.6 is 23.2 Å². The predicted molar refractivity (Wildman–Crippen MR) is 137 cm³/mol. The summed E-state index contributed by atoms with van der Waals surface area (Å²) in [6, 6.07) is 22.0. The second-order valence-electron chi connectivity index (χ2n) is 8.57. The molecule has 8 heteroatoms.